The Morgan fingerprint density at radius 1 is 1.36 bits per heavy atom. The van der Waals surface area contributed by atoms with Crippen molar-refractivity contribution in [3.05, 3.63) is 23.8 Å². The van der Waals surface area contributed by atoms with Gasteiger partial charge in [-0.1, -0.05) is 0 Å². The number of carbonyl (C=O) groups excluding carboxylic acids is 1. The van der Waals surface area contributed by atoms with Gasteiger partial charge >= 0.3 is 0 Å². The number of nitrogens with zero attached hydrogens (tertiary/aromatic N) is 2. The van der Waals surface area contributed by atoms with E-state index in [1.54, 1.807) is 0 Å². The molecule has 0 atom stereocenters. The number of aldehydes is 1. The summed E-state index contributed by atoms with van der Waals surface area (Å²) in [5, 5.41) is 0. The van der Waals surface area contributed by atoms with Gasteiger partial charge in [0.05, 0.1) is 5.56 Å². The van der Waals surface area contributed by atoms with Gasteiger partial charge in [-0.15, -0.1) is 0 Å². The van der Waals surface area contributed by atoms with Crippen LogP contribution in [0.15, 0.2) is 12.4 Å². The quantitative estimate of drug-likeness (QED) is 0.608. The fourth-order valence-corrected chi connectivity index (χ4v) is 0.522. The van der Waals surface area contributed by atoms with Crippen molar-refractivity contribution >= 4 is 6.29 Å². The van der Waals surface area contributed by atoms with Crippen LogP contribution in [0.3, 0.4) is 0 Å². The zero-order valence-corrected chi connectivity index (χ0v) is 5.37. The lowest BCUT2D eigenvalue weighted by atomic mass is 10.4. The molecule has 0 radical (unpaired) electrons. The highest BCUT2D eigenvalue weighted by Gasteiger charge is 2.08. The molecule has 5 heteroatoms. The molecule has 0 saturated carbocycles. The second kappa shape index (κ2) is 3.14. The second-order valence-corrected chi connectivity index (χ2v) is 1.79. The van der Waals surface area contributed by atoms with Crippen molar-refractivity contribution in [2.45, 2.75) is 6.43 Å². The summed E-state index contributed by atoms with van der Waals surface area (Å²) in [6, 6.07) is 0. The predicted molar refractivity (Wildman–Crippen MR) is 32.4 cm³/mol. The first kappa shape index (κ1) is 7.71. The molecule has 0 fully saturated rings. The van der Waals surface area contributed by atoms with E-state index in [9.17, 15) is 13.6 Å². The van der Waals surface area contributed by atoms with Crippen LogP contribution in [0.1, 0.15) is 22.6 Å². The summed E-state index contributed by atoms with van der Waals surface area (Å²) in [5.74, 6) is -0.560. The molecule has 11 heavy (non-hydrogen) atoms. The first-order chi connectivity index (χ1) is 5.24. The molecular weight excluding hydrogens is 154 g/mol. The van der Waals surface area contributed by atoms with E-state index in [-0.39, 0.29) is 5.56 Å². The standard InChI is InChI=1S/C6H4F2N2O/c7-5(8)6-9-1-4(3-11)2-10-6/h1-3,5H. The number of aromatic nitrogens is 2. The van der Waals surface area contributed by atoms with E-state index in [2.05, 4.69) is 9.97 Å². The Hall–Kier alpha value is -1.39. The zero-order chi connectivity index (χ0) is 8.27. The molecule has 0 saturated heterocycles. The molecule has 0 unspecified atom stereocenters. The predicted octanol–water partition coefficient (Wildman–Crippen LogP) is 1.23. The maximum atomic E-state index is 11.8. The van der Waals surface area contributed by atoms with Crippen molar-refractivity contribution in [3.8, 4) is 0 Å². The van der Waals surface area contributed by atoms with Gasteiger partial charge in [-0.2, -0.15) is 0 Å². The highest BCUT2D eigenvalue weighted by Crippen LogP contribution is 2.12. The SMILES string of the molecule is O=Cc1cnc(C(F)F)nc1. The summed E-state index contributed by atoms with van der Waals surface area (Å²) in [4.78, 5) is 16.5. The van der Waals surface area contributed by atoms with Gasteiger partial charge in [-0.3, -0.25) is 4.79 Å². The van der Waals surface area contributed by atoms with Crippen LogP contribution < -0.4 is 0 Å². The minimum Gasteiger partial charge on any atom is -0.298 e. The first-order valence-electron chi connectivity index (χ1n) is 2.79. The summed E-state index contributed by atoms with van der Waals surface area (Å²) in [7, 11) is 0. The molecule has 1 aromatic heterocycles. The molecule has 0 aliphatic carbocycles. The van der Waals surface area contributed by atoms with Crippen LogP contribution in [0.4, 0.5) is 8.78 Å². The van der Waals surface area contributed by atoms with Crippen LogP contribution in [0.5, 0.6) is 0 Å². The van der Waals surface area contributed by atoms with Crippen molar-refractivity contribution in [3.63, 3.8) is 0 Å². The molecule has 0 aliphatic rings. The fourth-order valence-electron chi connectivity index (χ4n) is 0.522. The molecule has 58 valence electrons. The lowest BCUT2D eigenvalue weighted by Crippen LogP contribution is -1.95. The molecule has 0 aromatic carbocycles. The molecule has 1 heterocycles. The highest BCUT2D eigenvalue weighted by molar-refractivity contribution is 5.73. The number of rotatable bonds is 2. The van der Waals surface area contributed by atoms with E-state index in [1.165, 1.54) is 0 Å². The first-order valence-corrected chi connectivity index (χ1v) is 2.79. The van der Waals surface area contributed by atoms with E-state index in [1.807, 2.05) is 0 Å². The number of hydrogen-bond acceptors (Lipinski definition) is 3. The lowest BCUT2D eigenvalue weighted by Gasteiger charge is -1.95. The molecule has 0 amide bonds. The molecule has 1 aromatic rings. The van der Waals surface area contributed by atoms with E-state index >= 15 is 0 Å². The molecule has 3 nitrogen and oxygen atoms in total. The van der Waals surface area contributed by atoms with Gasteiger partial charge in [0.2, 0.25) is 0 Å². The van der Waals surface area contributed by atoms with Crippen molar-refractivity contribution in [1.29, 1.82) is 0 Å². The zero-order valence-electron chi connectivity index (χ0n) is 5.37. The van der Waals surface area contributed by atoms with Crippen LogP contribution in [0.2, 0.25) is 0 Å². The van der Waals surface area contributed by atoms with Crippen LogP contribution in [-0.2, 0) is 0 Å². The van der Waals surface area contributed by atoms with Gasteiger partial charge in [0.25, 0.3) is 6.43 Å². The van der Waals surface area contributed by atoms with Crippen LogP contribution >= 0.6 is 0 Å². The largest absolute Gasteiger partial charge is 0.298 e. The van der Waals surface area contributed by atoms with Crippen molar-refractivity contribution in [2.24, 2.45) is 0 Å². The Morgan fingerprint density at radius 2 is 1.91 bits per heavy atom. The van der Waals surface area contributed by atoms with Gasteiger partial charge in [-0.25, -0.2) is 18.7 Å². The third-order valence-electron chi connectivity index (χ3n) is 1.02. The highest BCUT2D eigenvalue weighted by atomic mass is 19.3. The monoisotopic (exact) mass is 158 g/mol. The number of hydrogen-bond donors (Lipinski definition) is 0. The molecule has 0 aliphatic heterocycles. The molecule has 1 rings (SSSR count). The average molecular weight is 158 g/mol. The summed E-state index contributed by atoms with van der Waals surface area (Å²) < 4.78 is 23.6. The summed E-state index contributed by atoms with van der Waals surface area (Å²) >= 11 is 0. The maximum absolute atomic E-state index is 11.8. The van der Waals surface area contributed by atoms with E-state index in [0.717, 1.165) is 12.4 Å². The van der Waals surface area contributed by atoms with E-state index in [4.69, 9.17) is 0 Å². The smallest absolute Gasteiger partial charge is 0.297 e. The third kappa shape index (κ3) is 1.76. The van der Waals surface area contributed by atoms with E-state index < -0.39 is 12.2 Å². The van der Waals surface area contributed by atoms with Crippen molar-refractivity contribution < 1.29 is 13.6 Å². The van der Waals surface area contributed by atoms with Crippen molar-refractivity contribution in [1.82, 2.24) is 9.97 Å². The van der Waals surface area contributed by atoms with Crippen LogP contribution in [0, 0.1) is 0 Å². The van der Waals surface area contributed by atoms with E-state index in [0.29, 0.717) is 6.29 Å². The van der Waals surface area contributed by atoms with Gasteiger partial charge in [-0.05, 0) is 0 Å². The van der Waals surface area contributed by atoms with Crippen LogP contribution in [0.25, 0.3) is 0 Å². The Labute approximate surface area is 61.1 Å². The minimum absolute atomic E-state index is 0.189. The Kier molecular flexibility index (Phi) is 2.20. The Bertz CT molecular complexity index is 247. The van der Waals surface area contributed by atoms with Gasteiger partial charge < -0.3 is 0 Å². The summed E-state index contributed by atoms with van der Waals surface area (Å²) in [6.45, 7) is 0. The Morgan fingerprint density at radius 3 is 2.27 bits per heavy atom. The molecule has 0 bridgehead atoms. The molecular formula is C6H4F2N2O. The average Bonchev–Trinajstić information content (AvgIpc) is 2.05. The summed E-state index contributed by atoms with van der Waals surface area (Å²) in [6.07, 6.45) is -0.0752. The fraction of sp³-hybridized carbons (Fsp3) is 0.167. The van der Waals surface area contributed by atoms with Crippen LogP contribution in [-0.4, -0.2) is 16.3 Å². The van der Waals surface area contributed by atoms with Gasteiger partial charge in [0, 0.05) is 12.4 Å². The third-order valence-corrected chi connectivity index (χ3v) is 1.02. The van der Waals surface area contributed by atoms with Gasteiger partial charge in [0.1, 0.15) is 0 Å². The molecule has 0 spiro atoms. The number of carbonyl (C=O) groups is 1. The number of alkyl halides is 2. The Balaban J connectivity index is 2.91. The number of halogens is 2. The normalized spacial score (nSPS) is 10.1. The summed E-state index contributed by atoms with van der Waals surface area (Å²) in [5.41, 5.74) is 0.189. The molecule has 0 N–H and O–H groups in total. The topological polar surface area (TPSA) is 42.9 Å². The van der Waals surface area contributed by atoms with Crippen molar-refractivity contribution in [2.75, 3.05) is 0 Å². The van der Waals surface area contributed by atoms with Gasteiger partial charge in [0.15, 0.2) is 12.1 Å². The minimum atomic E-state index is -2.68. The lowest BCUT2D eigenvalue weighted by molar-refractivity contribution is 0.112. The maximum Gasteiger partial charge on any atom is 0.297 e. The second-order valence-electron chi connectivity index (χ2n) is 1.79.